The lowest BCUT2D eigenvalue weighted by molar-refractivity contribution is -0.0114. The van der Waals surface area contributed by atoms with E-state index in [2.05, 4.69) is 0 Å². The molecule has 2 aliphatic heterocycles. The number of benzene rings is 1. The average Bonchev–Trinajstić information content (AvgIpc) is 2.72. The molecule has 2 unspecified atom stereocenters. The number of hydrogen-bond donors (Lipinski definition) is 1. The summed E-state index contributed by atoms with van der Waals surface area (Å²) in [5.74, 6) is -0.726. The van der Waals surface area contributed by atoms with Crippen LogP contribution in [0.1, 0.15) is 12.8 Å². The number of hydrogen-bond acceptors (Lipinski definition) is 4. The first-order valence-electron chi connectivity index (χ1n) is 6.28. The van der Waals surface area contributed by atoms with E-state index in [-0.39, 0.29) is 27.8 Å². The third-order valence-electron chi connectivity index (χ3n) is 3.68. The predicted molar refractivity (Wildman–Crippen MR) is 72.5 cm³/mol. The number of halogens is 2. The van der Waals surface area contributed by atoms with Gasteiger partial charge < -0.3 is 10.5 Å². The first kappa shape index (κ1) is 14.1. The summed E-state index contributed by atoms with van der Waals surface area (Å²) in [7, 11) is -3.78. The van der Waals surface area contributed by atoms with Crippen molar-refractivity contribution in [1.29, 1.82) is 0 Å². The van der Waals surface area contributed by atoms with Gasteiger partial charge >= 0.3 is 0 Å². The van der Waals surface area contributed by atoms with Crippen LogP contribution in [0.15, 0.2) is 17.0 Å². The Bertz CT molecular complexity index is 640. The lowest BCUT2D eigenvalue weighted by Crippen LogP contribution is -2.45. The summed E-state index contributed by atoms with van der Waals surface area (Å²) in [6.45, 7) is 0.596. The summed E-state index contributed by atoms with van der Waals surface area (Å²) < 4.78 is 45.4. The number of anilines is 1. The number of nitrogen functional groups attached to an aromatic ring is 1. The van der Waals surface area contributed by atoms with Crippen LogP contribution in [-0.4, -0.2) is 38.0 Å². The van der Waals surface area contributed by atoms with E-state index < -0.39 is 15.8 Å². The largest absolute Gasteiger partial charge is 0.396 e. The van der Waals surface area contributed by atoms with Gasteiger partial charge in [0.25, 0.3) is 0 Å². The molecule has 0 spiro atoms. The highest BCUT2D eigenvalue weighted by Crippen LogP contribution is 2.33. The first-order chi connectivity index (χ1) is 9.38. The summed E-state index contributed by atoms with van der Waals surface area (Å²) in [4.78, 5) is -0.153. The molecular formula is C12H14ClFN2O3S. The Morgan fingerprint density at radius 3 is 2.50 bits per heavy atom. The number of ether oxygens (including phenoxy) is 1. The Morgan fingerprint density at radius 2 is 1.90 bits per heavy atom. The molecule has 2 atom stereocenters. The van der Waals surface area contributed by atoms with Gasteiger partial charge in [-0.25, -0.2) is 12.8 Å². The number of morpholine rings is 1. The Hall–Kier alpha value is -0.890. The molecule has 2 N–H and O–H groups in total. The van der Waals surface area contributed by atoms with Crippen LogP contribution in [0.2, 0.25) is 5.02 Å². The first-order valence-corrected chi connectivity index (χ1v) is 8.10. The molecule has 0 aromatic heterocycles. The molecule has 2 bridgehead atoms. The minimum atomic E-state index is -3.78. The van der Waals surface area contributed by atoms with E-state index >= 15 is 0 Å². The average molecular weight is 321 g/mol. The van der Waals surface area contributed by atoms with Gasteiger partial charge in [0.05, 0.1) is 22.9 Å². The summed E-state index contributed by atoms with van der Waals surface area (Å²) in [5.41, 5.74) is 5.21. The molecule has 0 aliphatic carbocycles. The van der Waals surface area contributed by atoms with Gasteiger partial charge in [0.15, 0.2) is 0 Å². The third-order valence-corrected chi connectivity index (χ3v) is 5.98. The highest BCUT2D eigenvalue weighted by molar-refractivity contribution is 7.89. The molecule has 2 saturated heterocycles. The van der Waals surface area contributed by atoms with Crippen molar-refractivity contribution >= 4 is 27.3 Å². The minimum Gasteiger partial charge on any atom is -0.396 e. The maximum atomic E-state index is 13.3. The molecule has 8 heteroatoms. The van der Waals surface area contributed by atoms with Gasteiger partial charge in [-0.15, -0.1) is 0 Å². The van der Waals surface area contributed by atoms with E-state index in [1.807, 2.05) is 0 Å². The van der Waals surface area contributed by atoms with Crippen LogP contribution in [0.4, 0.5) is 10.1 Å². The lowest BCUT2D eigenvalue weighted by Gasteiger charge is -2.31. The van der Waals surface area contributed by atoms with Crippen LogP contribution >= 0.6 is 11.6 Å². The highest BCUT2D eigenvalue weighted by Gasteiger charge is 2.40. The molecule has 1 aromatic rings. The highest BCUT2D eigenvalue weighted by atomic mass is 35.5. The molecule has 2 aliphatic rings. The molecule has 0 saturated carbocycles. The molecule has 5 nitrogen and oxygen atoms in total. The number of fused-ring (bicyclic) bond motifs is 2. The van der Waals surface area contributed by atoms with Crippen molar-refractivity contribution in [3.8, 4) is 0 Å². The van der Waals surface area contributed by atoms with Crippen LogP contribution in [0.3, 0.4) is 0 Å². The Morgan fingerprint density at radius 1 is 1.30 bits per heavy atom. The minimum absolute atomic E-state index is 0.0694. The zero-order valence-electron chi connectivity index (χ0n) is 10.6. The number of nitrogens with two attached hydrogens (primary N) is 1. The standard InChI is InChI=1S/C12H14ClFN2O3S/c13-9-3-10(14)11(15)4-12(9)20(17,18)16-5-7-1-2-8(6-16)19-7/h3-4,7-8H,1-2,5-6,15H2. The van der Waals surface area contributed by atoms with Crippen molar-refractivity contribution in [2.45, 2.75) is 29.9 Å². The van der Waals surface area contributed by atoms with E-state index in [9.17, 15) is 12.8 Å². The number of nitrogens with zero attached hydrogens (tertiary/aromatic N) is 1. The van der Waals surface area contributed by atoms with Gasteiger partial charge in [-0.3, -0.25) is 0 Å². The molecule has 2 heterocycles. The zero-order valence-corrected chi connectivity index (χ0v) is 12.1. The van der Waals surface area contributed by atoms with Gasteiger partial charge in [0, 0.05) is 13.1 Å². The van der Waals surface area contributed by atoms with Gasteiger partial charge in [-0.2, -0.15) is 4.31 Å². The Labute approximate surface area is 121 Å². The monoisotopic (exact) mass is 320 g/mol. The Balaban J connectivity index is 1.98. The maximum Gasteiger partial charge on any atom is 0.244 e. The smallest absolute Gasteiger partial charge is 0.244 e. The van der Waals surface area contributed by atoms with Crippen molar-refractivity contribution in [1.82, 2.24) is 4.31 Å². The maximum absolute atomic E-state index is 13.3. The van der Waals surface area contributed by atoms with E-state index in [1.165, 1.54) is 4.31 Å². The van der Waals surface area contributed by atoms with Crippen molar-refractivity contribution in [2.75, 3.05) is 18.8 Å². The van der Waals surface area contributed by atoms with E-state index in [1.54, 1.807) is 0 Å². The summed E-state index contributed by atoms with van der Waals surface area (Å²) in [6, 6.07) is 2.00. The molecular weight excluding hydrogens is 307 g/mol. The van der Waals surface area contributed by atoms with Gasteiger partial charge in [-0.05, 0) is 25.0 Å². The fraction of sp³-hybridized carbons (Fsp3) is 0.500. The zero-order chi connectivity index (χ0) is 14.5. The van der Waals surface area contributed by atoms with Crippen LogP contribution in [-0.2, 0) is 14.8 Å². The van der Waals surface area contributed by atoms with E-state index in [0.29, 0.717) is 13.1 Å². The van der Waals surface area contributed by atoms with Crippen molar-refractivity contribution in [3.63, 3.8) is 0 Å². The van der Waals surface area contributed by atoms with Gasteiger partial charge in [-0.1, -0.05) is 11.6 Å². The SMILES string of the molecule is Nc1cc(S(=O)(=O)N2CC3CCC(C2)O3)c(Cl)cc1F. The van der Waals surface area contributed by atoms with Crippen molar-refractivity contribution < 1.29 is 17.5 Å². The normalized spacial score (nSPS) is 26.9. The summed E-state index contributed by atoms with van der Waals surface area (Å²) in [6.07, 6.45) is 1.58. The fourth-order valence-electron chi connectivity index (χ4n) is 2.66. The molecule has 1 aromatic carbocycles. The second kappa shape index (κ2) is 4.84. The summed E-state index contributed by atoms with van der Waals surface area (Å²) >= 11 is 5.86. The molecule has 20 heavy (non-hydrogen) atoms. The fourth-order valence-corrected chi connectivity index (χ4v) is 4.68. The van der Waals surface area contributed by atoms with Crippen LogP contribution in [0.25, 0.3) is 0 Å². The predicted octanol–water partition coefficient (Wildman–Crippen LogP) is 1.61. The Kier molecular flexibility index (Phi) is 3.40. The second-order valence-corrected chi connectivity index (χ2v) is 7.40. The number of rotatable bonds is 2. The molecule has 2 fully saturated rings. The van der Waals surface area contributed by atoms with Crippen LogP contribution in [0.5, 0.6) is 0 Å². The van der Waals surface area contributed by atoms with Crippen LogP contribution < -0.4 is 5.73 Å². The lowest BCUT2D eigenvalue weighted by atomic mass is 10.2. The molecule has 3 rings (SSSR count). The van der Waals surface area contributed by atoms with Crippen molar-refractivity contribution in [3.05, 3.63) is 23.0 Å². The number of sulfonamides is 1. The van der Waals surface area contributed by atoms with Crippen molar-refractivity contribution in [2.24, 2.45) is 0 Å². The summed E-state index contributed by atoms with van der Waals surface area (Å²) in [5, 5.41) is -0.157. The molecule has 110 valence electrons. The second-order valence-electron chi connectivity index (χ2n) is 5.08. The third kappa shape index (κ3) is 2.28. The molecule has 0 radical (unpaired) electrons. The van der Waals surface area contributed by atoms with E-state index in [0.717, 1.165) is 25.0 Å². The van der Waals surface area contributed by atoms with Gasteiger partial charge in [0.2, 0.25) is 10.0 Å². The van der Waals surface area contributed by atoms with Crippen LogP contribution in [0, 0.1) is 5.82 Å². The topological polar surface area (TPSA) is 72.6 Å². The van der Waals surface area contributed by atoms with E-state index in [4.69, 9.17) is 22.1 Å². The van der Waals surface area contributed by atoms with Gasteiger partial charge in [0.1, 0.15) is 10.7 Å². The quantitative estimate of drug-likeness (QED) is 0.840. The molecule has 0 amide bonds.